The van der Waals surface area contributed by atoms with E-state index in [9.17, 15) is 19.5 Å². The molecule has 1 saturated heterocycles. The van der Waals surface area contributed by atoms with Crippen LogP contribution in [0.2, 0.25) is 0 Å². The second-order valence-corrected chi connectivity index (χ2v) is 11.3. The highest BCUT2D eigenvalue weighted by Crippen LogP contribution is 2.52. The van der Waals surface area contributed by atoms with Gasteiger partial charge < -0.3 is 14.6 Å². The fraction of sp³-hybridized carbons (Fsp3) is 0.276. The molecule has 2 amide bonds. The quantitative estimate of drug-likeness (QED) is 0.247. The van der Waals surface area contributed by atoms with E-state index in [0.717, 1.165) is 22.9 Å². The van der Waals surface area contributed by atoms with Gasteiger partial charge in [0.2, 0.25) is 5.91 Å². The van der Waals surface area contributed by atoms with Crippen LogP contribution >= 0.6 is 23.1 Å². The number of nitrogens with zero attached hydrogens (tertiary/aromatic N) is 2. The van der Waals surface area contributed by atoms with Crippen molar-refractivity contribution in [2.24, 2.45) is 0 Å². The molecule has 5 rings (SSSR count). The zero-order valence-electron chi connectivity index (χ0n) is 21.6. The maximum atomic E-state index is 13.8. The summed E-state index contributed by atoms with van der Waals surface area (Å²) >= 11 is 2.43. The number of aliphatic hydroxyl groups excluding tert-OH is 1. The first-order valence-corrected chi connectivity index (χ1v) is 14.2. The van der Waals surface area contributed by atoms with Crippen LogP contribution in [0.15, 0.2) is 89.9 Å². The number of fused-ring (bicyclic) bond motifs is 1. The molecule has 3 unspecified atom stereocenters. The summed E-state index contributed by atoms with van der Waals surface area (Å²) in [7, 11) is 1.38. The maximum Gasteiger partial charge on any atom is 0.324 e. The Kier molecular flexibility index (Phi) is 7.64. The number of carbonyl (C=O) groups is 3. The fourth-order valence-electron chi connectivity index (χ4n) is 4.96. The topological polar surface area (TPSA) is 96.4 Å². The lowest BCUT2D eigenvalue weighted by Gasteiger charge is -2.58. The smallest absolute Gasteiger partial charge is 0.324 e. The van der Waals surface area contributed by atoms with Crippen LogP contribution in [0.5, 0.6) is 0 Å². The number of hydrogen-bond acceptors (Lipinski definition) is 8. The lowest BCUT2D eigenvalue weighted by Crippen LogP contribution is -2.80. The maximum absolute atomic E-state index is 13.8. The highest BCUT2D eigenvalue weighted by Gasteiger charge is 2.69. The lowest BCUT2D eigenvalue weighted by molar-refractivity contribution is -0.182. The standard InChI is InChI=1S/C29H28N2O6S2/c1-18(32)22-17-30-27(35)29(36-3,31(19(2)33)23-15-10-16-38-23)28(30)39-25(22)26(34)37-24(20-11-6-4-7-12-20)21-13-8-5-9-14-21/h4-18,24-25,28,32H,1-3H3/t18?,25?,28-,29?/m1/s1. The van der Waals surface area contributed by atoms with Crippen LogP contribution in [-0.2, 0) is 23.9 Å². The minimum atomic E-state index is -1.65. The van der Waals surface area contributed by atoms with Gasteiger partial charge in [0.05, 0.1) is 6.10 Å². The van der Waals surface area contributed by atoms with Crippen molar-refractivity contribution in [3.05, 3.63) is 101 Å². The molecule has 2 aliphatic rings. The molecular weight excluding hydrogens is 536 g/mol. The molecule has 3 aromatic rings. The molecular formula is C29H28N2O6S2. The Morgan fingerprint density at radius 1 is 1.03 bits per heavy atom. The van der Waals surface area contributed by atoms with E-state index in [-0.39, 0.29) is 5.91 Å². The van der Waals surface area contributed by atoms with E-state index in [0.29, 0.717) is 10.6 Å². The van der Waals surface area contributed by atoms with E-state index < -0.39 is 40.4 Å². The van der Waals surface area contributed by atoms with Crippen LogP contribution in [0.1, 0.15) is 31.1 Å². The van der Waals surface area contributed by atoms with Crippen LogP contribution in [0.3, 0.4) is 0 Å². The minimum Gasteiger partial charge on any atom is -0.451 e. The Morgan fingerprint density at radius 3 is 2.13 bits per heavy atom. The van der Waals surface area contributed by atoms with Gasteiger partial charge in [-0.2, -0.15) is 0 Å². The van der Waals surface area contributed by atoms with Crippen molar-refractivity contribution in [1.82, 2.24) is 4.90 Å². The Labute approximate surface area is 234 Å². The Balaban J connectivity index is 1.50. The number of benzene rings is 2. The van der Waals surface area contributed by atoms with E-state index in [1.807, 2.05) is 66.0 Å². The second kappa shape index (κ2) is 11.0. The van der Waals surface area contributed by atoms with E-state index in [1.165, 1.54) is 41.4 Å². The number of anilines is 1. The summed E-state index contributed by atoms with van der Waals surface area (Å²) in [5.41, 5.74) is 0.281. The van der Waals surface area contributed by atoms with Crippen molar-refractivity contribution in [3.63, 3.8) is 0 Å². The van der Waals surface area contributed by atoms with Gasteiger partial charge in [0.15, 0.2) is 6.10 Å². The highest BCUT2D eigenvalue weighted by molar-refractivity contribution is 8.01. The average Bonchev–Trinajstić information content (AvgIpc) is 3.48. The molecule has 2 aromatic carbocycles. The van der Waals surface area contributed by atoms with Crippen molar-refractivity contribution in [2.75, 3.05) is 12.0 Å². The largest absolute Gasteiger partial charge is 0.451 e. The SMILES string of the molecule is COC1(N(C(C)=O)c2cccs2)C(=O)N2C=C(C(C)O)C(C(=O)OC(c3ccccc3)c3ccccc3)S[C@@H]21. The van der Waals surface area contributed by atoms with Gasteiger partial charge in [0.25, 0.3) is 11.6 Å². The molecule has 39 heavy (non-hydrogen) atoms. The number of aliphatic hydroxyl groups is 1. The molecule has 0 saturated carbocycles. The molecule has 3 heterocycles. The first kappa shape index (κ1) is 27.1. The van der Waals surface area contributed by atoms with Crippen molar-refractivity contribution in [1.29, 1.82) is 0 Å². The molecule has 4 atom stereocenters. The zero-order valence-corrected chi connectivity index (χ0v) is 23.2. The summed E-state index contributed by atoms with van der Waals surface area (Å²) < 4.78 is 11.9. The number of amides is 2. The number of rotatable bonds is 8. The lowest BCUT2D eigenvalue weighted by atomic mass is 9.97. The number of thiophene rings is 1. The molecule has 0 radical (unpaired) electrons. The highest BCUT2D eigenvalue weighted by atomic mass is 32.2. The van der Waals surface area contributed by atoms with Crippen molar-refractivity contribution >= 4 is 45.9 Å². The molecule has 2 aliphatic heterocycles. The van der Waals surface area contributed by atoms with Gasteiger partial charge in [-0.3, -0.25) is 24.2 Å². The Hall–Kier alpha value is -3.44. The molecule has 1 aromatic heterocycles. The van der Waals surface area contributed by atoms with E-state index in [4.69, 9.17) is 9.47 Å². The second-order valence-electron chi connectivity index (χ2n) is 9.23. The summed E-state index contributed by atoms with van der Waals surface area (Å²) in [4.78, 5) is 43.0. The third kappa shape index (κ3) is 4.67. The summed E-state index contributed by atoms with van der Waals surface area (Å²) in [5.74, 6) is -1.40. The van der Waals surface area contributed by atoms with Gasteiger partial charge >= 0.3 is 5.97 Å². The number of carbonyl (C=O) groups excluding carboxylic acids is 3. The molecule has 202 valence electrons. The minimum absolute atomic E-state index is 0.338. The van der Waals surface area contributed by atoms with Crippen molar-refractivity contribution in [3.8, 4) is 0 Å². The number of esters is 1. The third-order valence-electron chi connectivity index (χ3n) is 6.80. The van der Waals surface area contributed by atoms with E-state index in [1.54, 1.807) is 19.1 Å². The molecule has 1 N–H and O–H groups in total. The molecule has 0 aliphatic carbocycles. The third-order valence-corrected chi connectivity index (χ3v) is 9.20. The van der Waals surface area contributed by atoms with Gasteiger partial charge in [-0.05, 0) is 41.1 Å². The van der Waals surface area contributed by atoms with Crippen molar-refractivity contribution in [2.45, 2.75) is 42.4 Å². The summed E-state index contributed by atoms with van der Waals surface area (Å²) in [5, 5.41) is 11.3. The summed E-state index contributed by atoms with van der Waals surface area (Å²) in [6.45, 7) is 2.91. The van der Waals surface area contributed by atoms with E-state index in [2.05, 4.69) is 0 Å². The summed E-state index contributed by atoms with van der Waals surface area (Å²) in [6.07, 6.45) is -0.206. The first-order chi connectivity index (χ1) is 18.8. The van der Waals surface area contributed by atoms with Crippen LogP contribution in [0.4, 0.5) is 5.00 Å². The number of methoxy groups -OCH3 is 1. The first-order valence-electron chi connectivity index (χ1n) is 12.4. The molecule has 10 heteroatoms. The number of ether oxygens (including phenoxy) is 2. The molecule has 1 fully saturated rings. The summed E-state index contributed by atoms with van der Waals surface area (Å²) in [6, 6.07) is 22.4. The molecule has 0 spiro atoms. The number of hydrogen-bond donors (Lipinski definition) is 1. The van der Waals surface area contributed by atoms with E-state index >= 15 is 0 Å². The average molecular weight is 565 g/mol. The van der Waals surface area contributed by atoms with Gasteiger partial charge in [-0.15, -0.1) is 23.1 Å². The number of thioether (sulfide) groups is 1. The number of β-lactam (4-membered cyclic amide) rings is 1. The predicted octanol–water partition coefficient (Wildman–Crippen LogP) is 4.32. The van der Waals surface area contributed by atoms with Crippen LogP contribution < -0.4 is 4.90 Å². The normalized spacial score (nSPS) is 22.9. The van der Waals surface area contributed by atoms with Crippen LogP contribution in [0, 0.1) is 0 Å². The van der Waals surface area contributed by atoms with Crippen molar-refractivity contribution < 1.29 is 29.0 Å². The Morgan fingerprint density at radius 2 is 1.64 bits per heavy atom. The van der Waals surface area contributed by atoms with Gasteiger partial charge in [-0.1, -0.05) is 60.7 Å². The van der Waals surface area contributed by atoms with Gasteiger partial charge in [0.1, 0.15) is 15.6 Å². The molecule has 0 bridgehead atoms. The van der Waals surface area contributed by atoms with Crippen LogP contribution in [0.25, 0.3) is 0 Å². The monoisotopic (exact) mass is 564 g/mol. The predicted molar refractivity (Wildman–Crippen MR) is 150 cm³/mol. The van der Waals surface area contributed by atoms with Gasteiger partial charge in [0, 0.05) is 20.2 Å². The molecule has 8 nitrogen and oxygen atoms in total. The zero-order chi connectivity index (χ0) is 27.7. The fourth-order valence-corrected chi connectivity index (χ4v) is 7.39. The Bertz CT molecular complexity index is 1340. The van der Waals surface area contributed by atoms with Crippen LogP contribution in [-0.4, -0.2) is 57.4 Å². The van der Waals surface area contributed by atoms with Gasteiger partial charge in [-0.25, -0.2) is 0 Å².